The van der Waals surface area contributed by atoms with Gasteiger partial charge in [-0.2, -0.15) is 0 Å². The molecule has 1 nitrogen and oxygen atoms in total. The molecule has 1 unspecified atom stereocenters. The summed E-state index contributed by atoms with van der Waals surface area (Å²) >= 11 is 18.1. The lowest BCUT2D eigenvalue weighted by Crippen LogP contribution is -2.45. The average molecular weight is 281 g/mol. The third-order valence-corrected chi connectivity index (χ3v) is 4.16. The molecule has 1 rings (SSSR count). The van der Waals surface area contributed by atoms with E-state index in [1.807, 2.05) is 19.1 Å². The van der Waals surface area contributed by atoms with E-state index in [9.17, 15) is 0 Å². The Morgan fingerprint density at radius 3 is 2.50 bits per heavy atom. The van der Waals surface area contributed by atoms with Crippen LogP contribution in [0.15, 0.2) is 18.2 Å². The molecule has 0 aliphatic carbocycles. The quantitative estimate of drug-likeness (QED) is 0.801. The van der Waals surface area contributed by atoms with Crippen molar-refractivity contribution in [1.29, 1.82) is 0 Å². The Hall–Kier alpha value is 0.0500. The lowest BCUT2D eigenvalue weighted by molar-refractivity contribution is 0.380. The number of hydrogen-bond donors (Lipinski definition) is 1. The Morgan fingerprint density at radius 1 is 1.31 bits per heavy atom. The van der Waals surface area contributed by atoms with Crippen molar-refractivity contribution in [3.05, 3.63) is 33.8 Å². The lowest BCUT2D eigenvalue weighted by atomic mass is 10.0. The Labute approximate surface area is 112 Å². The van der Waals surface area contributed by atoms with Gasteiger partial charge in [-0.25, -0.2) is 0 Å². The summed E-state index contributed by atoms with van der Waals surface area (Å²) in [4.78, 5) is 0. The molecule has 1 atom stereocenters. The van der Waals surface area contributed by atoms with Gasteiger partial charge in [-0.1, -0.05) is 35.3 Å². The van der Waals surface area contributed by atoms with Gasteiger partial charge in [0.05, 0.1) is 10.0 Å². The molecule has 0 heterocycles. The molecule has 0 amide bonds. The maximum atomic E-state index is 6.10. The number of alkyl halides is 1. The van der Waals surface area contributed by atoms with E-state index in [4.69, 9.17) is 34.8 Å². The van der Waals surface area contributed by atoms with Crippen LogP contribution in [0.5, 0.6) is 0 Å². The molecule has 0 fully saturated rings. The zero-order chi connectivity index (χ0) is 12.3. The van der Waals surface area contributed by atoms with Crippen molar-refractivity contribution in [3.8, 4) is 0 Å². The van der Waals surface area contributed by atoms with Crippen LogP contribution in [0.25, 0.3) is 0 Å². The van der Waals surface area contributed by atoms with E-state index in [0.717, 1.165) is 5.56 Å². The van der Waals surface area contributed by atoms with Gasteiger partial charge in [0.2, 0.25) is 0 Å². The normalized spacial score (nSPS) is 13.9. The number of benzene rings is 1. The van der Waals surface area contributed by atoms with Crippen LogP contribution in [0.4, 0.5) is 0 Å². The molecule has 0 aliphatic heterocycles. The van der Waals surface area contributed by atoms with Crippen molar-refractivity contribution in [2.45, 2.75) is 38.2 Å². The molecule has 16 heavy (non-hydrogen) atoms. The predicted octanol–water partition coefficient (Wildman–Crippen LogP) is 4.49. The van der Waals surface area contributed by atoms with Gasteiger partial charge >= 0.3 is 0 Å². The molecule has 1 N–H and O–H groups in total. The van der Waals surface area contributed by atoms with Crippen molar-refractivity contribution in [1.82, 2.24) is 5.32 Å². The SMILES string of the molecule is CC(Cl)C(C)(C)NCc1cccc(Cl)c1Cl. The zero-order valence-corrected chi connectivity index (χ0v) is 11.9. The van der Waals surface area contributed by atoms with E-state index >= 15 is 0 Å². The maximum Gasteiger partial charge on any atom is 0.0637 e. The number of halogens is 3. The van der Waals surface area contributed by atoms with Crippen LogP contribution in [0, 0.1) is 0 Å². The van der Waals surface area contributed by atoms with Crippen LogP contribution in [0.3, 0.4) is 0 Å². The summed E-state index contributed by atoms with van der Waals surface area (Å²) in [7, 11) is 0. The molecule has 0 aromatic heterocycles. The summed E-state index contributed by atoms with van der Waals surface area (Å²) in [6.07, 6.45) is 0. The minimum Gasteiger partial charge on any atom is -0.306 e. The highest BCUT2D eigenvalue weighted by Gasteiger charge is 2.23. The molecule has 90 valence electrons. The van der Waals surface area contributed by atoms with E-state index in [0.29, 0.717) is 16.6 Å². The van der Waals surface area contributed by atoms with Crippen LogP contribution < -0.4 is 5.32 Å². The first kappa shape index (κ1) is 14.1. The van der Waals surface area contributed by atoms with Crippen LogP contribution in [-0.2, 0) is 6.54 Å². The first-order valence-corrected chi connectivity index (χ1v) is 6.36. The molecule has 0 saturated carbocycles. The Balaban J connectivity index is 2.72. The fraction of sp³-hybridized carbons (Fsp3) is 0.500. The third-order valence-electron chi connectivity index (χ3n) is 2.76. The van der Waals surface area contributed by atoms with Gasteiger partial charge in [-0.05, 0) is 32.4 Å². The standard InChI is InChI=1S/C12H16Cl3N/c1-8(13)12(2,3)16-7-9-5-4-6-10(14)11(9)15/h4-6,8,16H,7H2,1-3H3. The van der Waals surface area contributed by atoms with Crippen LogP contribution in [-0.4, -0.2) is 10.9 Å². The minimum absolute atomic E-state index is 0.0328. The molecule has 0 aliphatic rings. The first-order chi connectivity index (χ1) is 7.34. The highest BCUT2D eigenvalue weighted by molar-refractivity contribution is 6.42. The summed E-state index contributed by atoms with van der Waals surface area (Å²) < 4.78 is 0. The van der Waals surface area contributed by atoms with Crippen molar-refractivity contribution >= 4 is 34.8 Å². The van der Waals surface area contributed by atoms with Gasteiger partial charge in [-0.3, -0.25) is 0 Å². The summed E-state index contributed by atoms with van der Waals surface area (Å²) in [5, 5.41) is 4.59. The minimum atomic E-state index is -0.146. The Kier molecular flexibility index (Phi) is 4.93. The number of hydrogen-bond acceptors (Lipinski definition) is 1. The molecule has 0 saturated heterocycles. The van der Waals surface area contributed by atoms with Crippen LogP contribution >= 0.6 is 34.8 Å². The maximum absolute atomic E-state index is 6.10. The van der Waals surface area contributed by atoms with Crippen molar-refractivity contribution in [2.75, 3.05) is 0 Å². The predicted molar refractivity (Wildman–Crippen MR) is 72.7 cm³/mol. The molecular weight excluding hydrogens is 264 g/mol. The average Bonchev–Trinajstić information content (AvgIpc) is 2.20. The molecule has 4 heteroatoms. The molecular formula is C12H16Cl3N. The van der Waals surface area contributed by atoms with Gasteiger partial charge in [0, 0.05) is 17.5 Å². The second-order valence-electron chi connectivity index (χ2n) is 4.40. The van der Waals surface area contributed by atoms with Gasteiger partial charge in [0.15, 0.2) is 0 Å². The largest absolute Gasteiger partial charge is 0.306 e. The van der Waals surface area contributed by atoms with Gasteiger partial charge in [-0.15, -0.1) is 11.6 Å². The fourth-order valence-electron chi connectivity index (χ4n) is 1.15. The van der Waals surface area contributed by atoms with Gasteiger partial charge < -0.3 is 5.32 Å². The van der Waals surface area contributed by atoms with Crippen molar-refractivity contribution < 1.29 is 0 Å². The van der Waals surface area contributed by atoms with E-state index in [1.54, 1.807) is 6.07 Å². The van der Waals surface area contributed by atoms with E-state index in [-0.39, 0.29) is 10.9 Å². The van der Waals surface area contributed by atoms with Gasteiger partial charge in [0.1, 0.15) is 0 Å². The Morgan fingerprint density at radius 2 is 1.94 bits per heavy atom. The van der Waals surface area contributed by atoms with Crippen LogP contribution in [0.1, 0.15) is 26.3 Å². The second kappa shape index (κ2) is 5.59. The highest BCUT2D eigenvalue weighted by atomic mass is 35.5. The summed E-state index contributed by atoms with van der Waals surface area (Å²) in [5.74, 6) is 0. The third kappa shape index (κ3) is 3.53. The summed E-state index contributed by atoms with van der Waals surface area (Å²) in [6.45, 7) is 6.74. The fourth-order valence-corrected chi connectivity index (χ4v) is 1.61. The van der Waals surface area contributed by atoms with E-state index < -0.39 is 0 Å². The number of rotatable bonds is 4. The van der Waals surface area contributed by atoms with Gasteiger partial charge in [0.25, 0.3) is 0 Å². The van der Waals surface area contributed by atoms with Crippen LogP contribution in [0.2, 0.25) is 10.0 Å². The first-order valence-electron chi connectivity index (χ1n) is 5.16. The summed E-state index contributed by atoms with van der Waals surface area (Å²) in [5.41, 5.74) is 0.840. The highest BCUT2D eigenvalue weighted by Crippen LogP contribution is 2.26. The monoisotopic (exact) mass is 279 g/mol. The van der Waals surface area contributed by atoms with E-state index in [2.05, 4.69) is 19.2 Å². The van der Waals surface area contributed by atoms with E-state index in [1.165, 1.54) is 0 Å². The van der Waals surface area contributed by atoms with Crippen molar-refractivity contribution in [2.24, 2.45) is 0 Å². The molecule has 1 aromatic carbocycles. The molecule has 0 bridgehead atoms. The molecule has 1 aromatic rings. The molecule has 0 radical (unpaired) electrons. The molecule has 0 spiro atoms. The Bertz CT molecular complexity index is 361. The number of nitrogens with one attached hydrogen (secondary N) is 1. The van der Waals surface area contributed by atoms with Crippen molar-refractivity contribution in [3.63, 3.8) is 0 Å². The smallest absolute Gasteiger partial charge is 0.0637 e. The zero-order valence-electron chi connectivity index (χ0n) is 9.65. The second-order valence-corrected chi connectivity index (χ2v) is 5.84. The topological polar surface area (TPSA) is 12.0 Å². The lowest BCUT2D eigenvalue weighted by Gasteiger charge is -2.29. The summed E-state index contributed by atoms with van der Waals surface area (Å²) in [6, 6.07) is 5.63.